The molecule has 1 amide bonds. The van der Waals surface area contributed by atoms with Crippen LogP contribution in [0.4, 0.5) is 11.4 Å². The quantitative estimate of drug-likeness (QED) is 0.234. The third-order valence-electron chi connectivity index (χ3n) is 4.31. The van der Waals surface area contributed by atoms with Crippen LogP contribution >= 0.6 is 23.4 Å². The van der Waals surface area contributed by atoms with E-state index in [9.17, 15) is 9.59 Å². The van der Waals surface area contributed by atoms with Gasteiger partial charge in [0.2, 0.25) is 6.04 Å². The van der Waals surface area contributed by atoms with E-state index < -0.39 is 17.7 Å². The maximum absolute atomic E-state index is 13.1. The van der Waals surface area contributed by atoms with Gasteiger partial charge in [-0.25, -0.2) is 4.42 Å². The van der Waals surface area contributed by atoms with Gasteiger partial charge in [0.1, 0.15) is 22.9 Å². The third-order valence-corrected chi connectivity index (χ3v) is 4.96. The van der Waals surface area contributed by atoms with Crippen LogP contribution in [-0.4, -0.2) is 45.2 Å². The molecule has 1 unspecified atom stereocenters. The summed E-state index contributed by atoms with van der Waals surface area (Å²) < 4.78 is 22.4. The van der Waals surface area contributed by atoms with Gasteiger partial charge in [-0.15, -0.1) is 5.11 Å². The Labute approximate surface area is 202 Å². The zero-order valence-corrected chi connectivity index (χ0v) is 20.4. The number of amides is 1. The fourth-order valence-electron chi connectivity index (χ4n) is 2.81. The summed E-state index contributed by atoms with van der Waals surface area (Å²) in [5.74, 6) is -0.0596. The fourth-order valence-corrected chi connectivity index (χ4v) is 3.27. The molecule has 11 heteroatoms. The van der Waals surface area contributed by atoms with E-state index in [1.165, 1.54) is 21.1 Å². The number of ketones is 1. The summed E-state index contributed by atoms with van der Waals surface area (Å²) in [5.41, 5.74) is 0.357. The number of ether oxygens (including phenoxy) is 4. The summed E-state index contributed by atoms with van der Waals surface area (Å²) in [6.45, 7) is 5.62. The smallest absolute Gasteiger partial charge is 0.276 e. The van der Waals surface area contributed by atoms with Crippen LogP contribution in [0.2, 0.25) is 5.02 Å². The van der Waals surface area contributed by atoms with Crippen LogP contribution in [0.1, 0.15) is 20.8 Å². The molecule has 0 saturated carbocycles. The zero-order valence-electron chi connectivity index (χ0n) is 18.9. The minimum atomic E-state index is -1.53. The maximum Gasteiger partial charge on any atom is 0.276 e. The van der Waals surface area contributed by atoms with E-state index in [0.717, 1.165) is 4.42 Å². The second-order valence-electron chi connectivity index (χ2n) is 6.47. The number of hydrogen-bond donors (Lipinski definition) is 0. The molecule has 2 rings (SSSR count). The second-order valence-corrected chi connectivity index (χ2v) is 7.22. The number of carbonyl (C=O) groups is 2. The van der Waals surface area contributed by atoms with E-state index in [0.29, 0.717) is 30.5 Å². The lowest BCUT2D eigenvalue weighted by Gasteiger charge is -2.20. The highest BCUT2D eigenvalue weighted by molar-refractivity contribution is 6.39. The van der Waals surface area contributed by atoms with Gasteiger partial charge in [0.05, 0.1) is 32.5 Å². The number of hydrogen-bond acceptors (Lipinski definition) is 8. The Bertz CT molecular complexity index is 1030. The Morgan fingerprint density at radius 1 is 1.03 bits per heavy atom. The van der Waals surface area contributed by atoms with Crippen molar-refractivity contribution in [2.45, 2.75) is 26.8 Å². The van der Waals surface area contributed by atoms with E-state index in [2.05, 4.69) is 10.2 Å². The van der Waals surface area contributed by atoms with Crippen molar-refractivity contribution in [1.29, 1.82) is 0 Å². The number of azo groups is 1. The average Bonchev–Trinajstić information content (AvgIpc) is 2.79. The monoisotopic (exact) mass is 497 g/mol. The lowest BCUT2D eigenvalue weighted by molar-refractivity contribution is -0.126. The molecule has 0 N–H and O–H groups in total. The number of methoxy groups -OCH3 is 2. The van der Waals surface area contributed by atoms with E-state index in [1.807, 2.05) is 6.92 Å². The first-order valence-corrected chi connectivity index (χ1v) is 10.7. The summed E-state index contributed by atoms with van der Waals surface area (Å²) in [5, 5.41) is 8.23. The maximum atomic E-state index is 13.1. The summed E-state index contributed by atoms with van der Waals surface area (Å²) in [4.78, 5) is 25.4. The first-order chi connectivity index (χ1) is 15.8. The SMILES string of the molecule is CCOc1ccc(N(Cl)C(=O)C(N=Nc2c(OC)ccc(Cl)c2OC)C(C)=O)c(OCC)c1. The van der Waals surface area contributed by atoms with E-state index in [-0.39, 0.29) is 22.1 Å². The van der Waals surface area contributed by atoms with Crippen molar-refractivity contribution in [3.05, 3.63) is 35.4 Å². The standard InChI is InChI=1S/C22H25Cl2N3O6/c1-6-32-14-8-10-16(18(12-14)33-7-2)27(24)22(29)19(13(3)28)25-26-20-17(30-4)11-9-15(23)21(20)31-5/h8-12,19H,6-7H2,1-5H3. The molecule has 1 atom stereocenters. The number of anilines is 1. The van der Waals surface area contributed by atoms with Crippen molar-refractivity contribution < 1.29 is 28.5 Å². The molecule has 0 spiro atoms. The molecule has 0 aliphatic carbocycles. The van der Waals surface area contributed by atoms with E-state index in [4.69, 9.17) is 42.3 Å². The number of Topliss-reactive ketones (excluding diaryl/α,β-unsaturated/α-hetero) is 1. The molecule has 0 saturated heterocycles. The van der Waals surface area contributed by atoms with Gasteiger partial charge in [-0.1, -0.05) is 11.6 Å². The molecule has 0 fully saturated rings. The molecule has 0 radical (unpaired) electrons. The fraction of sp³-hybridized carbons (Fsp3) is 0.364. The van der Waals surface area contributed by atoms with Crippen LogP contribution in [0.3, 0.4) is 0 Å². The molecule has 0 aliphatic rings. The molecule has 33 heavy (non-hydrogen) atoms. The summed E-state index contributed by atoms with van der Waals surface area (Å²) in [6, 6.07) is 6.39. The Morgan fingerprint density at radius 2 is 1.73 bits per heavy atom. The molecule has 2 aromatic rings. The normalized spacial score (nSPS) is 11.7. The van der Waals surface area contributed by atoms with Gasteiger partial charge in [0, 0.05) is 17.8 Å². The highest BCUT2D eigenvalue weighted by Crippen LogP contribution is 2.43. The van der Waals surface area contributed by atoms with Gasteiger partial charge in [-0.05, 0) is 45.0 Å². The number of carbonyl (C=O) groups excluding carboxylic acids is 2. The van der Waals surface area contributed by atoms with Crippen molar-refractivity contribution >= 4 is 46.4 Å². The van der Waals surface area contributed by atoms with Crippen LogP contribution in [0.15, 0.2) is 40.6 Å². The number of halogens is 2. The average molecular weight is 498 g/mol. The van der Waals surface area contributed by atoms with Gasteiger partial charge in [-0.3, -0.25) is 9.59 Å². The first kappa shape index (κ1) is 26.2. The minimum Gasteiger partial charge on any atom is -0.494 e. The van der Waals surface area contributed by atoms with Crippen LogP contribution in [0, 0.1) is 0 Å². The first-order valence-electron chi connectivity index (χ1n) is 10.00. The van der Waals surface area contributed by atoms with Gasteiger partial charge in [0.15, 0.2) is 17.2 Å². The van der Waals surface area contributed by atoms with Crippen LogP contribution in [-0.2, 0) is 9.59 Å². The van der Waals surface area contributed by atoms with Gasteiger partial charge in [-0.2, -0.15) is 5.11 Å². The van der Waals surface area contributed by atoms with Gasteiger partial charge in [0.25, 0.3) is 5.91 Å². The van der Waals surface area contributed by atoms with Crippen molar-refractivity contribution in [2.75, 3.05) is 31.9 Å². The van der Waals surface area contributed by atoms with Crippen molar-refractivity contribution in [1.82, 2.24) is 0 Å². The number of nitrogens with zero attached hydrogens (tertiary/aromatic N) is 3. The molecule has 0 aromatic heterocycles. The summed E-state index contributed by atoms with van der Waals surface area (Å²) in [7, 11) is 2.83. The second kappa shape index (κ2) is 12.3. The summed E-state index contributed by atoms with van der Waals surface area (Å²) in [6.07, 6.45) is 0. The molecule has 0 bridgehead atoms. The predicted molar refractivity (Wildman–Crippen MR) is 126 cm³/mol. The topological polar surface area (TPSA) is 99.0 Å². The Morgan fingerprint density at radius 3 is 2.30 bits per heavy atom. The Hall–Kier alpha value is -3.04. The lowest BCUT2D eigenvalue weighted by atomic mass is 10.2. The van der Waals surface area contributed by atoms with Crippen molar-refractivity contribution in [3.63, 3.8) is 0 Å². The third kappa shape index (κ3) is 6.27. The van der Waals surface area contributed by atoms with Crippen LogP contribution in [0.5, 0.6) is 23.0 Å². The molecule has 0 aliphatic heterocycles. The van der Waals surface area contributed by atoms with Crippen molar-refractivity contribution in [2.24, 2.45) is 10.2 Å². The minimum absolute atomic E-state index is 0.128. The van der Waals surface area contributed by atoms with E-state index >= 15 is 0 Å². The van der Waals surface area contributed by atoms with Gasteiger partial charge >= 0.3 is 0 Å². The predicted octanol–water partition coefficient (Wildman–Crippen LogP) is 5.38. The van der Waals surface area contributed by atoms with Crippen LogP contribution in [0.25, 0.3) is 0 Å². The molecular formula is C22H25Cl2N3O6. The summed E-state index contributed by atoms with van der Waals surface area (Å²) >= 11 is 12.5. The number of rotatable bonds is 11. The van der Waals surface area contributed by atoms with Gasteiger partial charge < -0.3 is 18.9 Å². The van der Waals surface area contributed by atoms with Crippen molar-refractivity contribution in [3.8, 4) is 23.0 Å². The number of benzene rings is 2. The largest absolute Gasteiger partial charge is 0.494 e. The molecule has 2 aromatic carbocycles. The highest BCUT2D eigenvalue weighted by atomic mass is 35.5. The molecular weight excluding hydrogens is 473 g/mol. The van der Waals surface area contributed by atoms with Crippen LogP contribution < -0.4 is 23.4 Å². The zero-order chi connectivity index (χ0) is 24.5. The Kier molecular flexibility index (Phi) is 9.74. The van der Waals surface area contributed by atoms with E-state index in [1.54, 1.807) is 37.3 Å². The molecule has 0 heterocycles. The molecule has 178 valence electrons. The highest BCUT2D eigenvalue weighted by Gasteiger charge is 2.31. The lowest BCUT2D eigenvalue weighted by Crippen LogP contribution is -2.36. The molecule has 9 nitrogen and oxygen atoms in total. The Balaban J connectivity index is 2.43.